The molecule has 0 bridgehead atoms. The van der Waals surface area contributed by atoms with Gasteiger partial charge in [0.15, 0.2) is 0 Å². The Morgan fingerprint density at radius 2 is 1.81 bits per heavy atom. The van der Waals surface area contributed by atoms with Gasteiger partial charge in [0.2, 0.25) is 0 Å². The first kappa shape index (κ1) is 21.5. The molecule has 2 heterocycles. The number of amides is 2. The van der Waals surface area contributed by atoms with Crippen LogP contribution in [0.5, 0.6) is 11.5 Å². The van der Waals surface area contributed by atoms with E-state index in [9.17, 15) is 9.59 Å². The molecule has 0 saturated heterocycles. The number of urea groups is 1. The van der Waals surface area contributed by atoms with Crippen molar-refractivity contribution in [3.63, 3.8) is 0 Å². The Kier molecular flexibility index (Phi) is 6.20. The number of esters is 1. The largest absolute Gasteiger partial charge is 0.497 e. The van der Waals surface area contributed by atoms with Gasteiger partial charge in [-0.25, -0.2) is 4.79 Å². The number of hydrogen-bond acceptors (Lipinski definition) is 5. The standard InChI is InChI=1S/C24H27N3O5/c1-4-32-21(28)14-25-24(29)27-12-11-18-19-13-17(31-3)9-10-20(19)26-22(18)23(27)15-5-7-16(30-2)8-6-15/h5-10,13,23,26H,4,11-12,14H2,1-3H3,(H,25,29)/t23-/m0/s1. The highest BCUT2D eigenvalue weighted by Gasteiger charge is 2.34. The third-order valence-corrected chi connectivity index (χ3v) is 5.72. The smallest absolute Gasteiger partial charge is 0.325 e. The van der Waals surface area contributed by atoms with Gasteiger partial charge in [-0.2, -0.15) is 0 Å². The van der Waals surface area contributed by atoms with Gasteiger partial charge in [0.25, 0.3) is 0 Å². The lowest BCUT2D eigenvalue weighted by Crippen LogP contribution is -2.47. The van der Waals surface area contributed by atoms with E-state index in [4.69, 9.17) is 14.2 Å². The summed E-state index contributed by atoms with van der Waals surface area (Å²) in [7, 11) is 3.27. The number of hydrogen-bond donors (Lipinski definition) is 2. The van der Waals surface area contributed by atoms with Crippen molar-refractivity contribution in [3.05, 3.63) is 59.3 Å². The Hall–Kier alpha value is -3.68. The van der Waals surface area contributed by atoms with Crippen LogP contribution in [0.4, 0.5) is 4.79 Å². The average molecular weight is 437 g/mol. The topological polar surface area (TPSA) is 92.9 Å². The summed E-state index contributed by atoms with van der Waals surface area (Å²) >= 11 is 0. The summed E-state index contributed by atoms with van der Waals surface area (Å²) in [6, 6.07) is 12.9. The second-order valence-corrected chi connectivity index (χ2v) is 7.51. The van der Waals surface area contributed by atoms with Gasteiger partial charge in [-0.1, -0.05) is 12.1 Å². The van der Waals surface area contributed by atoms with Gasteiger partial charge in [0, 0.05) is 23.1 Å². The quantitative estimate of drug-likeness (QED) is 0.577. The van der Waals surface area contributed by atoms with E-state index in [0.29, 0.717) is 13.0 Å². The first-order valence-electron chi connectivity index (χ1n) is 10.6. The number of H-pyrrole nitrogens is 1. The molecule has 168 valence electrons. The van der Waals surface area contributed by atoms with Crippen molar-refractivity contribution in [2.75, 3.05) is 33.9 Å². The summed E-state index contributed by atoms with van der Waals surface area (Å²) in [5, 5.41) is 3.78. The molecule has 1 aliphatic heterocycles. The van der Waals surface area contributed by atoms with Crippen molar-refractivity contribution in [1.82, 2.24) is 15.2 Å². The summed E-state index contributed by atoms with van der Waals surface area (Å²) in [5.74, 6) is 1.07. The fraction of sp³-hybridized carbons (Fsp3) is 0.333. The van der Waals surface area contributed by atoms with Gasteiger partial charge < -0.3 is 29.4 Å². The highest BCUT2D eigenvalue weighted by atomic mass is 16.5. The second-order valence-electron chi connectivity index (χ2n) is 7.51. The molecule has 0 fully saturated rings. The molecule has 0 unspecified atom stereocenters. The number of aromatic amines is 1. The molecular formula is C24H27N3O5. The maximum absolute atomic E-state index is 13.1. The minimum atomic E-state index is -0.461. The number of ether oxygens (including phenoxy) is 3. The number of rotatable bonds is 6. The van der Waals surface area contributed by atoms with Crippen LogP contribution in [0.25, 0.3) is 10.9 Å². The Morgan fingerprint density at radius 3 is 2.50 bits per heavy atom. The summed E-state index contributed by atoms with van der Waals surface area (Å²) in [4.78, 5) is 30.1. The molecule has 1 atom stereocenters. The summed E-state index contributed by atoms with van der Waals surface area (Å²) in [6.45, 7) is 2.34. The molecule has 2 aromatic carbocycles. The number of nitrogens with zero attached hydrogens (tertiary/aromatic N) is 1. The van der Waals surface area contributed by atoms with Crippen LogP contribution in [0.1, 0.15) is 29.8 Å². The third kappa shape index (κ3) is 4.08. The molecule has 32 heavy (non-hydrogen) atoms. The molecule has 1 aromatic heterocycles. The van der Waals surface area contributed by atoms with Crippen LogP contribution in [0, 0.1) is 0 Å². The van der Waals surface area contributed by atoms with Crippen LogP contribution < -0.4 is 14.8 Å². The molecule has 0 spiro atoms. The second kappa shape index (κ2) is 9.21. The molecule has 3 aromatic rings. The first-order chi connectivity index (χ1) is 15.5. The maximum atomic E-state index is 13.1. The number of carbonyl (C=O) groups is 2. The number of benzene rings is 2. The number of carbonyl (C=O) groups excluding carboxylic acids is 2. The molecular weight excluding hydrogens is 410 g/mol. The lowest BCUT2D eigenvalue weighted by Gasteiger charge is -2.36. The van der Waals surface area contributed by atoms with E-state index < -0.39 is 5.97 Å². The van der Waals surface area contributed by atoms with Crippen LogP contribution in [-0.2, 0) is 16.0 Å². The molecule has 2 amide bonds. The molecule has 0 saturated carbocycles. The number of aromatic nitrogens is 1. The van der Waals surface area contributed by atoms with Gasteiger partial charge in [0.05, 0.1) is 26.9 Å². The van der Waals surface area contributed by atoms with Crippen molar-refractivity contribution < 1.29 is 23.8 Å². The molecule has 8 heteroatoms. The molecule has 2 N–H and O–H groups in total. The summed E-state index contributed by atoms with van der Waals surface area (Å²) in [6.07, 6.45) is 0.683. The summed E-state index contributed by atoms with van der Waals surface area (Å²) in [5.41, 5.74) is 4.05. The maximum Gasteiger partial charge on any atom is 0.325 e. The monoisotopic (exact) mass is 437 g/mol. The zero-order chi connectivity index (χ0) is 22.7. The first-order valence-corrected chi connectivity index (χ1v) is 10.6. The Balaban J connectivity index is 1.73. The lowest BCUT2D eigenvalue weighted by atomic mass is 9.92. The van der Waals surface area contributed by atoms with Gasteiger partial charge in [-0.3, -0.25) is 4.79 Å². The van der Waals surface area contributed by atoms with Gasteiger partial charge >= 0.3 is 12.0 Å². The molecule has 0 aliphatic carbocycles. The highest BCUT2D eigenvalue weighted by Crippen LogP contribution is 2.39. The Morgan fingerprint density at radius 1 is 1.09 bits per heavy atom. The lowest BCUT2D eigenvalue weighted by molar-refractivity contribution is -0.141. The normalized spacial score (nSPS) is 15.2. The fourth-order valence-corrected chi connectivity index (χ4v) is 4.21. The van der Waals surface area contributed by atoms with Gasteiger partial charge in [-0.05, 0) is 54.8 Å². The minimum Gasteiger partial charge on any atom is -0.497 e. The Labute approximate surface area is 186 Å². The van der Waals surface area contributed by atoms with Crippen molar-refractivity contribution in [1.29, 1.82) is 0 Å². The Bertz CT molecular complexity index is 1120. The van der Waals surface area contributed by atoms with E-state index in [-0.39, 0.29) is 25.2 Å². The highest BCUT2D eigenvalue weighted by molar-refractivity contribution is 5.88. The average Bonchev–Trinajstić information content (AvgIpc) is 3.20. The molecule has 0 radical (unpaired) electrons. The van der Waals surface area contributed by atoms with Gasteiger partial charge in [-0.15, -0.1) is 0 Å². The van der Waals surface area contributed by atoms with Crippen LogP contribution in [0.15, 0.2) is 42.5 Å². The van der Waals surface area contributed by atoms with Crippen molar-refractivity contribution >= 4 is 22.9 Å². The number of nitrogens with one attached hydrogen (secondary N) is 2. The van der Waals surface area contributed by atoms with E-state index in [2.05, 4.69) is 10.3 Å². The fourth-order valence-electron chi connectivity index (χ4n) is 4.21. The molecule has 4 rings (SSSR count). The zero-order valence-electron chi connectivity index (χ0n) is 18.4. The summed E-state index contributed by atoms with van der Waals surface area (Å²) < 4.78 is 15.6. The van der Waals surface area contributed by atoms with Crippen LogP contribution >= 0.6 is 0 Å². The van der Waals surface area contributed by atoms with Gasteiger partial charge in [0.1, 0.15) is 18.0 Å². The van der Waals surface area contributed by atoms with E-state index in [0.717, 1.165) is 39.2 Å². The number of methoxy groups -OCH3 is 2. The predicted octanol–water partition coefficient (Wildman–Crippen LogP) is 3.41. The molecule has 1 aliphatic rings. The van der Waals surface area contributed by atoms with Crippen LogP contribution in [0.3, 0.4) is 0 Å². The minimum absolute atomic E-state index is 0.171. The van der Waals surface area contributed by atoms with E-state index in [1.54, 1.807) is 26.0 Å². The predicted molar refractivity (Wildman–Crippen MR) is 120 cm³/mol. The van der Waals surface area contributed by atoms with Crippen molar-refractivity contribution in [3.8, 4) is 11.5 Å². The SMILES string of the molecule is CCOC(=O)CNC(=O)N1CCc2c([nH]c3ccc(OC)cc23)[C@@H]1c1ccc(OC)cc1. The number of fused-ring (bicyclic) bond motifs is 3. The van der Waals surface area contributed by atoms with Crippen molar-refractivity contribution in [2.24, 2.45) is 0 Å². The third-order valence-electron chi connectivity index (χ3n) is 5.72. The van der Waals surface area contributed by atoms with Crippen LogP contribution in [-0.4, -0.2) is 55.8 Å². The van der Waals surface area contributed by atoms with E-state index in [1.807, 2.05) is 42.5 Å². The van der Waals surface area contributed by atoms with E-state index in [1.165, 1.54) is 0 Å². The van der Waals surface area contributed by atoms with Crippen molar-refractivity contribution in [2.45, 2.75) is 19.4 Å². The van der Waals surface area contributed by atoms with Crippen LogP contribution in [0.2, 0.25) is 0 Å². The van der Waals surface area contributed by atoms with E-state index >= 15 is 0 Å². The molecule has 8 nitrogen and oxygen atoms in total. The zero-order valence-corrected chi connectivity index (χ0v) is 18.4.